The molecule has 0 aromatic rings. The number of nitrogens with one attached hydrogen (secondary N) is 1. The molecule has 0 bridgehead atoms. The molecule has 0 spiro atoms. The van der Waals surface area contributed by atoms with Crippen LogP contribution in [0.25, 0.3) is 0 Å². The molecule has 0 fully saturated rings. The predicted molar refractivity (Wildman–Crippen MR) is 61.6 cm³/mol. The maximum absolute atomic E-state index is 4.93. The van der Waals surface area contributed by atoms with Crippen LogP contribution in [-0.2, 0) is 0 Å². The Labute approximate surface area is 89.8 Å². The highest BCUT2D eigenvalue weighted by atomic mass is 32.1. The third kappa shape index (κ3) is 1.87. The van der Waals surface area contributed by atoms with Crippen LogP contribution in [0.5, 0.6) is 0 Å². The molecule has 0 saturated heterocycles. The van der Waals surface area contributed by atoms with Gasteiger partial charge in [-0.1, -0.05) is 18.7 Å². The van der Waals surface area contributed by atoms with Crippen molar-refractivity contribution < 1.29 is 0 Å². The molecule has 1 aliphatic heterocycles. The highest BCUT2D eigenvalue weighted by molar-refractivity contribution is 7.80. The van der Waals surface area contributed by atoms with Crippen molar-refractivity contribution in [2.75, 3.05) is 0 Å². The quantitative estimate of drug-likeness (QED) is 0.715. The molecule has 73 valence electrons. The summed E-state index contributed by atoms with van der Waals surface area (Å²) in [6.07, 6.45) is 9.47. The van der Waals surface area contributed by atoms with Crippen molar-refractivity contribution in [1.82, 2.24) is 10.6 Å². The van der Waals surface area contributed by atoms with E-state index in [9.17, 15) is 0 Å². The minimum absolute atomic E-state index is 0.585. The number of rotatable bonds is 3. The Bertz CT molecular complexity index is 328. The highest BCUT2D eigenvalue weighted by Gasteiger charge is 2.21. The van der Waals surface area contributed by atoms with Crippen LogP contribution in [-0.4, -0.2) is 5.11 Å². The molecule has 0 aromatic carbocycles. The number of hydrogen-bond donors (Lipinski definition) is 1. The molecule has 2 aliphatic rings. The van der Waals surface area contributed by atoms with Gasteiger partial charge in [-0.15, -0.1) is 0 Å². The van der Waals surface area contributed by atoms with Gasteiger partial charge < -0.3 is 5.32 Å². The van der Waals surface area contributed by atoms with Crippen molar-refractivity contribution in [2.45, 2.75) is 19.3 Å². The van der Waals surface area contributed by atoms with Gasteiger partial charge in [0.05, 0.1) is 5.70 Å². The van der Waals surface area contributed by atoms with Crippen molar-refractivity contribution in [3.05, 3.63) is 36.2 Å². The number of thiocarbonyl (C=S) groups is 1. The van der Waals surface area contributed by atoms with Crippen LogP contribution < -0.4 is 10.6 Å². The fourth-order valence-electron chi connectivity index (χ4n) is 1.95. The molecule has 2 rings (SSSR count). The van der Waals surface area contributed by atoms with Crippen LogP contribution >= 0.6 is 12.2 Å². The van der Waals surface area contributed by atoms with Crippen molar-refractivity contribution in [1.29, 1.82) is 0 Å². The van der Waals surface area contributed by atoms with Crippen LogP contribution in [0.1, 0.15) is 19.3 Å². The summed E-state index contributed by atoms with van der Waals surface area (Å²) < 4.78 is 0. The molecule has 14 heavy (non-hydrogen) atoms. The van der Waals surface area contributed by atoms with E-state index in [0.29, 0.717) is 11.0 Å². The standard InChI is InChI=1S/C11H13N2S/c1-2-8-4-3-5-9(8)6-10-7-12-11(14)13-10/h2,4,7,9H,1,3,5-6H2,(H,12,14). The van der Waals surface area contributed by atoms with E-state index in [1.165, 1.54) is 12.0 Å². The smallest absolute Gasteiger partial charge is 0.197 e. The molecular weight excluding hydrogens is 192 g/mol. The Morgan fingerprint density at radius 3 is 3.21 bits per heavy atom. The minimum Gasteiger partial charge on any atom is -0.336 e. The van der Waals surface area contributed by atoms with Crippen molar-refractivity contribution >= 4 is 17.3 Å². The lowest BCUT2D eigenvalue weighted by Crippen LogP contribution is -2.16. The summed E-state index contributed by atoms with van der Waals surface area (Å²) in [5.74, 6) is 0.588. The molecule has 1 unspecified atom stereocenters. The van der Waals surface area contributed by atoms with Crippen LogP contribution in [0.15, 0.2) is 36.2 Å². The third-order valence-electron chi connectivity index (χ3n) is 2.67. The fraction of sp³-hybridized carbons (Fsp3) is 0.364. The fourth-order valence-corrected chi connectivity index (χ4v) is 2.13. The molecule has 1 aliphatic carbocycles. The zero-order valence-corrected chi connectivity index (χ0v) is 8.81. The summed E-state index contributed by atoms with van der Waals surface area (Å²) in [4.78, 5) is 0. The van der Waals surface area contributed by atoms with Gasteiger partial charge in [-0.05, 0) is 43.0 Å². The van der Waals surface area contributed by atoms with E-state index in [2.05, 4.69) is 23.3 Å². The second-order valence-corrected chi connectivity index (χ2v) is 3.97. The zero-order chi connectivity index (χ0) is 9.97. The summed E-state index contributed by atoms with van der Waals surface area (Å²) in [5.41, 5.74) is 2.42. The van der Waals surface area contributed by atoms with E-state index in [-0.39, 0.29) is 0 Å². The van der Waals surface area contributed by atoms with E-state index >= 15 is 0 Å². The van der Waals surface area contributed by atoms with Gasteiger partial charge in [0.25, 0.3) is 0 Å². The topological polar surface area (TPSA) is 26.1 Å². The van der Waals surface area contributed by atoms with Gasteiger partial charge in [0.15, 0.2) is 5.11 Å². The van der Waals surface area contributed by atoms with E-state index in [1.54, 1.807) is 0 Å². The van der Waals surface area contributed by atoms with Gasteiger partial charge in [0.2, 0.25) is 0 Å². The van der Waals surface area contributed by atoms with Crippen LogP contribution in [0.3, 0.4) is 0 Å². The van der Waals surface area contributed by atoms with E-state index in [0.717, 1.165) is 18.5 Å². The zero-order valence-electron chi connectivity index (χ0n) is 7.99. The van der Waals surface area contributed by atoms with Gasteiger partial charge in [0.1, 0.15) is 0 Å². The summed E-state index contributed by atoms with van der Waals surface area (Å²) >= 11 is 4.93. The van der Waals surface area contributed by atoms with E-state index in [4.69, 9.17) is 12.2 Å². The first kappa shape index (κ1) is 9.46. The third-order valence-corrected chi connectivity index (χ3v) is 2.87. The molecule has 0 saturated carbocycles. The second kappa shape index (κ2) is 3.96. The molecule has 1 N–H and O–H groups in total. The molecular formula is C11H13N2S. The predicted octanol–water partition coefficient (Wildman–Crippen LogP) is 2.23. The summed E-state index contributed by atoms with van der Waals surface area (Å²) in [5, 5.41) is 7.76. The van der Waals surface area contributed by atoms with Gasteiger partial charge in [-0.3, -0.25) is 0 Å². The minimum atomic E-state index is 0.585. The monoisotopic (exact) mass is 205 g/mol. The van der Waals surface area contributed by atoms with E-state index in [1.807, 2.05) is 12.3 Å². The average Bonchev–Trinajstić information content (AvgIpc) is 2.76. The van der Waals surface area contributed by atoms with Crippen molar-refractivity contribution in [3.8, 4) is 0 Å². The number of allylic oxidation sites excluding steroid dienone is 4. The van der Waals surface area contributed by atoms with Gasteiger partial charge in [-0.2, -0.15) is 0 Å². The first-order valence-corrected chi connectivity index (χ1v) is 5.24. The summed E-state index contributed by atoms with van der Waals surface area (Å²) in [6.45, 7) is 3.82. The molecule has 3 heteroatoms. The van der Waals surface area contributed by atoms with Crippen molar-refractivity contribution in [2.24, 2.45) is 5.92 Å². The van der Waals surface area contributed by atoms with Crippen LogP contribution in [0.4, 0.5) is 0 Å². The summed E-state index contributed by atoms with van der Waals surface area (Å²) in [6, 6.07) is 0. The Kier molecular flexibility index (Phi) is 2.68. The largest absolute Gasteiger partial charge is 0.336 e. The molecule has 0 aromatic heterocycles. The first-order chi connectivity index (χ1) is 6.79. The van der Waals surface area contributed by atoms with Gasteiger partial charge in [-0.25, -0.2) is 5.32 Å². The molecule has 0 amide bonds. The molecule has 1 radical (unpaired) electrons. The lowest BCUT2D eigenvalue weighted by Gasteiger charge is -2.11. The Morgan fingerprint density at radius 1 is 1.71 bits per heavy atom. The maximum Gasteiger partial charge on any atom is 0.197 e. The SMILES string of the molecule is C=CC1=CCCC1CC1=CNC(=S)[N]1. The summed E-state index contributed by atoms with van der Waals surface area (Å²) in [7, 11) is 0. The van der Waals surface area contributed by atoms with Gasteiger partial charge >= 0.3 is 0 Å². The number of nitrogens with zero attached hydrogens (tertiary/aromatic N) is 1. The average molecular weight is 205 g/mol. The Balaban J connectivity index is 1.95. The maximum atomic E-state index is 4.93. The lowest BCUT2D eigenvalue weighted by molar-refractivity contribution is 0.598. The molecule has 2 nitrogen and oxygen atoms in total. The normalized spacial score (nSPS) is 25.1. The highest BCUT2D eigenvalue weighted by Crippen LogP contribution is 2.31. The second-order valence-electron chi connectivity index (χ2n) is 3.58. The van der Waals surface area contributed by atoms with Crippen LogP contribution in [0.2, 0.25) is 0 Å². The lowest BCUT2D eigenvalue weighted by atomic mass is 9.96. The molecule has 1 atom stereocenters. The van der Waals surface area contributed by atoms with E-state index < -0.39 is 0 Å². The van der Waals surface area contributed by atoms with Crippen molar-refractivity contribution in [3.63, 3.8) is 0 Å². The van der Waals surface area contributed by atoms with Gasteiger partial charge in [0, 0.05) is 6.20 Å². The number of hydrogen-bond acceptors (Lipinski definition) is 1. The Hall–Kier alpha value is -1.09. The van der Waals surface area contributed by atoms with Crippen LogP contribution in [0, 0.1) is 5.92 Å². The Morgan fingerprint density at radius 2 is 2.57 bits per heavy atom. The first-order valence-electron chi connectivity index (χ1n) is 4.83. The molecule has 1 heterocycles.